The lowest BCUT2D eigenvalue weighted by atomic mass is 9.86. The number of benzene rings is 1. The summed E-state index contributed by atoms with van der Waals surface area (Å²) in [5.41, 5.74) is 7.95. The molecule has 3 N–H and O–H groups in total. The summed E-state index contributed by atoms with van der Waals surface area (Å²) in [6.45, 7) is 2.11. The fourth-order valence-corrected chi connectivity index (χ4v) is 4.55. The number of rotatable bonds is 8. The summed E-state index contributed by atoms with van der Waals surface area (Å²) < 4.78 is 6.87. The summed E-state index contributed by atoms with van der Waals surface area (Å²) in [7, 11) is 1.93. The van der Waals surface area contributed by atoms with Gasteiger partial charge in [-0.2, -0.15) is 5.26 Å². The topological polar surface area (TPSA) is 139 Å². The molecule has 0 saturated carbocycles. The molecule has 3 aromatic rings. The molecule has 0 unspecified atom stereocenters. The van der Waals surface area contributed by atoms with E-state index in [4.69, 9.17) is 15.7 Å². The predicted octanol–water partition coefficient (Wildman–Crippen LogP) is 2.36. The number of nitriles is 1. The smallest absolute Gasteiger partial charge is 0.420 e. The number of carbonyl (C=O) groups excluding carboxylic acids is 2. The number of hydrogen-bond acceptors (Lipinski definition) is 9. The van der Waals surface area contributed by atoms with Crippen molar-refractivity contribution in [2.45, 2.75) is 38.5 Å². The number of nitrogens with one attached hydrogen (secondary N) is 1. The molecule has 0 radical (unpaired) electrons. The van der Waals surface area contributed by atoms with Crippen molar-refractivity contribution >= 4 is 28.7 Å². The maximum Gasteiger partial charge on any atom is 0.420 e. The lowest BCUT2D eigenvalue weighted by Crippen LogP contribution is -2.50. The van der Waals surface area contributed by atoms with Crippen LogP contribution in [0.4, 0.5) is 10.6 Å². The molecule has 4 rings (SSSR count). The summed E-state index contributed by atoms with van der Waals surface area (Å²) in [6.07, 6.45) is 3.65. The number of likely N-dealkylation sites (N-methyl/N-ethyl adjacent to an activating group) is 1. The van der Waals surface area contributed by atoms with Crippen LogP contribution in [-0.4, -0.2) is 52.6 Å². The van der Waals surface area contributed by atoms with Gasteiger partial charge in [-0.1, -0.05) is 24.3 Å². The summed E-state index contributed by atoms with van der Waals surface area (Å²) >= 11 is 0. The Morgan fingerprint density at radius 2 is 2.03 bits per heavy atom. The lowest BCUT2D eigenvalue weighted by Gasteiger charge is -2.39. The molecule has 10 nitrogen and oxygen atoms in total. The number of piperidine rings is 1. The normalized spacial score (nSPS) is 17.6. The fourth-order valence-electron chi connectivity index (χ4n) is 4.55. The van der Waals surface area contributed by atoms with Gasteiger partial charge >= 0.3 is 6.09 Å². The first-order chi connectivity index (χ1) is 17.0. The van der Waals surface area contributed by atoms with Crippen molar-refractivity contribution in [3.05, 3.63) is 54.0 Å². The zero-order chi connectivity index (χ0) is 24.8. The first-order valence-electron chi connectivity index (χ1n) is 11.6. The Morgan fingerprint density at radius 3 is 2.77 bits per heavy atom. The van der Waals surface area contributed by atoms with Crippen molar-refractivity contribution in [3.63, 3.8) is 0 Å². The second kappa shape index (κ2) is 11.1. The number of carbonyl (C=O) groups is 2. The van der Waals surface area contributed by atoms with Crippen LogP contribution in [0.5, 0.6) is 0 Å². The van der Waals surface area contributed by atoms with Gasteiger partial charge in [0, 0.05) is 38.8 Å². The molecule has 2 aromatic heterocycles. The van der Waals surface area contributed by atoms with Crippen LogP contribution < -0.4 is 16.0 Å². The molecule has 1 aliphatic heterocycles. The minimum atomic E-state index is -0.533. The third-order valence-corrected chi connectivity index (χ3v) is 6.47. The van der Waals surface area contributed by atoms with Gasteiger partial charge < -0.3 is 20.7 Å². The maximum atomic E-state index is 12.8. The number of aromatic nitrogens is 3. The molecule has 0 aliphatic carbocycles. The molecule has 0 amide bonds. The van der Waals surface area contributed by atoms with Crippen LogP contribution in [0.2, 0.25) is 0 Å². The molecule has 1 aliphatic rings. The molecule has 182 valence electrons. The van der Waals surface area contributed by atoms with Crippen molar-refractivity contribution < 1.29 is 14.3 Å². The van der Waals surface area contributed by atoms with Crippen LogP contribution in [0.1, 0.15) is 30.4 Å². The number of anilines is 1. The van der Waals surface area contributed by atoms with Gasteiger partial charge in [0.1, 0.15) is 24.5 Å². The zero-order valence-electron chi connectivity index (χ0n) is 19.7. The third kappa shape index (κ3) is 5.48. The lowest BCUT2D eigenvalue weighted by molar-refractivity contribution is -0.119. The minimum Gasteiger partial charge on any atom is -0.444 e. The van der Waals surface area contributed by atoms with Crippen LogP contribution in [0.15, 0.2) is 42.9 Å². The van der Waals surface area contributed by atoms with Gasteiger partial charge in [0.05, 0.1) is 17.9 Å². The predicted molar refractivity (Wildman–Crippen MR) is 130 cm³/mol. The Balaban J connectivity index is 1.51. The Kier molecular flexibility index (Phi) is 7.70. The first-order valence-corrected chi connectivity index (χ1v) is 11.6. The number of fused-ring (bicyclic) bond motifs is 1. The SMILES string of the molecule is CN(c1ncnc2c1ccn2C(=O)OCc1ccc(CN)cc1)[C@H]1CNCC[C@@H]1CC(=O)CC#N. The molecule has 10 heteroatoms. The Labute approximate surface area is 203 Å². The van der Waals surface area contributed by atoms with Crippen molar-refractivity contribution in [2.75, 3.05) is 25.0 Å². The number of Topliss-reactive ketones (excluding diaryl/α,β-unsaturated/α-hetero) is 1. The van der Waals surface area contributed by atoms with Gasteiger partial charge in [-0.25, -0.2) is 19.3 Å². The molecule has 0 spiro atoms. The van der Waals surface area contributed by atoms with E-state index in [0.29, 0.717) is 36.4 Å². The van der Waals surface area contributed by atoms with E-state index in [-0.39, 0.29) is 30.8 Å². The summed E-state index contributed by atoms with van der Waals surface area (Å²) in [6, 6.07) is 11.3. The molecule has 35 heavy (non-hydrogen) atoms. The van der Waals surface area contributed by atoms with E-state index in [2.05, 4.69) is 15.3 Å². The van der Waals surface area contributed by atoms with Gasteiger partial charge in [-0.3, -0.25) is 4.79 Å². The van der Waals surface area contributed by atoms with E-state index < -0.39 is 6.09 Å². The Hall–Kier alpha value is -3.81. The van der Waals surface area contributed by atoms with Crippen molar-refractivity contribution in [1.82, 2.24) is 19.9 Å². The van der Waals surface area contributed by atoms with Crippen LogP contribution in [0.25, 0.3) is 11.0 Å². The minimum absolute atomic E-state index is 0.0105. The van der Waals surface area contributed by atoms with Crippen LogP contribution in [0, 0.1) is 17.2 Å². The largest absolute Gasteiger partial charge is 0.444 e. The highest BCUT2D eigenvalue weighted by Crippen LogP contribution is 2.29. The highest BCUT2D eigenvalue weighted by molar-refractivity contribution is 5.93. The standard InChI is InChI=1S/C25H29N7O3/c1-31(22-14-28-10-7-19(22)12-20(33)6-9-26)23-21-8-11-32(24(21)30-16-29-23)25(34)35-15-18-4-2-17(13-27)3-5-18/h2-5,8,11,16,19,22,28H,6-7,10,12-15,27H2,1H3/t19-,22+/m1/s1. The van der Waals surface area contributed by atoms with Crippen molar-refractivity contribution in [3.8, 4) is 6.07 Å². The van der Waals surface area contributed by atoms with Gasteiger partial charge in [0.15, 0.2) is 5.65 Å². The van der Waals surface area contributed by atoms with E-state index in [1.165, 1.54) is 10.9 Å². The molecular formula is C25H29N7O3. The van der Waals surface area contributed by atoms with Crippen molar-refractivity contribution in [2.24, 2.45) is 11.7 Å². The maximum absolute atomic E-state index is 12.8. The van der Waals surface area contributed by atoms with E-state index >= 15 is 0 Å². The fraction of sp³-hybridized carbons (Fsp3) is 0.400. The van der Waals surface area contributed by atoms with Gasteiger partial charge in [-0.05, 0) is 36.1 Å². The average molecular weight is 476 g/mol. The number of ketones is 1. The van der Waals surface area contributed by atoms with Gasteiger partial charge in [-0.15, -0.1) is 0 Å². The number of nitrogens with two attached hydrogens (primary N) is 1. The molecule has 3 heterocycles. The highest BCUT2D eigenvalue weighted by Gasteiger charge is 2.31. The second-order valence-electron chi connectivity index (χ2n) is 8.70. The van der Waals surface area contributed by atoms with Crippen LogP contribution in [0.3, 0.4) is 0 Å². The zero-order valence-corrected chi connectivity index (χ0v) is 19.7. The summed E-state index contributed by atoms with van der Waals surface area (Å²) in [5.74, 6) is 0.729. The number of ether oxygens (including phenoxy) is 1. The monoisotopic (exact) mass is 475 g/mol. The molecular weight excluding hydrogens is 446 g/mol. The first kappa shape index (κ1) is 24.3. The molecule has 1 aromatic carbocycles. The van der Waals surface area contributed by atoms with E-state index in [9.17, 15) is 9.59 Å². The second-order valence-corrected chi connectivity index (χ2v) is 8.70. The van der Waals surface area contributed by atoms with E-state index in [1.54, 1.807) is 12.3 Å². The van der Waals surface area contributed by atoms with Gasteiger partial charge in [0.25, 0.3) is 0 Å². The molecule has 0 bridgehead atoms. The summed E-state index contributed by atoms with van der Waals surface area (Å²) in [5, 5.41) is 13.0. The molecule has 1 saturated heterocycles. The average Bonchev–Trinajstić information content (AvgIpc) is 3.32. The third-order valence-electron chi connectivity index (χ3n) is 6.47. The molecule has 1 fully saturated rings. The Morgan fingerprint density at radius 1 is 1.26 bits per heavy atom. The van der Waals surface area contributed by atoms with Gasteiger partial charge in [0.2, 0.25) is 0 Å². The highest BCUT2D eigenvalue weighted by atomic mass is 16.5. The Bertz CT molecular complexity index is 1230. The summed E-state index contributed by atoms with van der Waals surface area (Å²) in [4.78, 5) is 35.8. The van der Waals surface area contributed by atoms with E-state index in [0.717, 1.165) is 24.1 Å². The van der Waals surface area contributed by atoms with Crippen LogP contribution >= 0.6 is 0 Å². The quantitative estimate of drug-likeness (QED) is 0.502. The van der Waals surface area contributed by atoms with Crippen molar-refractivity contribution in [1.29, 1.82) is 5.26 Å². The number of hydrogen-bond donors (Lipinski definition) is 2. The number of nitrogens with zero attached hydrogens (tertiary/aromatic N) is 5. The van der Waals surface area contributed by atoms with Crippen LogP contribution in [-0.2, 0) is 22.7 Å². The van der Waals surface area contributed by atoms with E-state index in [1.807, 2.05) is 42.3 Å². The molecule has 2 atom stereocenters.